The zero-order chi connectivity index (χ0) is 40.1. The molecule has 0 amide bonds. The number of ether oxygens (including phenoxy) is 4. The SMILES string of the molecule is CCCCCCCC(=O)c1ccc(OC(=O)Oc2ccccc2)c(C(=O)OOC(=O)c2cc(C(=O)CCCCCCC)ccc2OC(=O)Oc2ccccc2)c1. The molecule has 4 rings (SSSR count). The first kappa shape index (κ1) is 42.4. The fourth-order valence-electron chi connectivity index (χ4n) is 5.53. The molecule has 0 radical (unpaired) electrons. The third-order valence-electron chi connectivity index (χ3n) is 8.53. The summed E-state index contributed by atoms with van der Waals surface area (Å²) in [5, 5.41) is 0. The molecule has 0 N–H and O–H groups in total. The Kier molecular flexibility index (Phi) is 17.3. The highest BCUT2D eigenvalue weighted by molar-refractivity contribution is 6.02. The van der Waals surface area contributed by atoms with Crippen LogP contribution in [0, 0.1) is 0 Å². The molecule has 0 heterocycles. The molecule has 4 aromatic carbocycles. The van der Waals surface area contributed by atoms with Crippen LogP contribution in [-0.2, 0) is 9.78 Å². The molecule has 0 unspecified atom stereocenters. The van der Waals surface area contributed by atoms with E-state index in [1.54, 1.807) is 36.4 Å². The predicted molar refractivity (Wildman–Crippen MR) is 205 cm³/mol. The number of benzene rings is 4. The van der Waals surface area contributed by atoms with E-state index in [0.29, 0.717) is 12.8 Å². The van der Waals surface area contributed by atoms with Gasteiger partial charge in [0.1, 0.15) is 34.1 Å². The molecular weight excluding hydrogens is 720 g/mol. The summed E-state index contributed by atoms with van der Waals surface area (Å²) in [5.41, 5.74) is -0.573. The molecule has 12 nitrogen and oxygen atoms in total. The molecule has 0 atom stereocenters. The molecule has 0 aliphatic carbocycles. The first-order valence-corrected chi connectivity index (χ1v) is 18.9. The Bertz CT molecular complexity index is 1800. The van der Waals surface area contributed by atoms with Gasteiger partial charge < -0.3 is 18.9 Å². The summed E-state index contributed by atoms with van der Waals surface area (Å²) in [7, 11) is 0. The summed E-state index contributed by atoms with van der Waals surface area (Å²) in [6.07, 6.45) is 7.24. The smallest absolute Gasteiger partial charge is 0.395 e. The lowest BCUT2D eigenvalue weighted by Crippen LogP contribution is -2.19. The minimum atomic E-state index is -1.30. The zero-order valence-corrected chi connectivity index (χ0v) is 31.6. The molecule has 4 aromatic rings. The van der Waals surface area contributed by atoms with E-state index >= 15 is 0 Å². The summed E-state index contributed by atoms with van der Waals surface area (Å²) < 4.78 is 21.0. The van der Waals surface area contributed by atoms with E-state index in [1.807, 2.05) is 0 Å². The quantitative estimate of drug-likeness (QED) is 0.0210. The topological polar surface area (TPSA) is 158 Å². The molecule has 0 aliphatic rings. The van der Waals surface area contributed by atoms with Gasteiger partial charge in [-0.15, -0.1) is 0 Å². The van der Waals surface area contributed by atoms with Crippen LogP contribution in [0.1, 0.15) is 132 Å². The van der Waals surface area contributed by atoms with Gasteiger partial charge in [0.25, 0.3) is 0 Å². The van der Waals surface area contributed by atoms with E-state index in [-0.39, 0.29) is 58.5 Å². The molecule has 56 heavy (non-hydrogen) atoms. The Morgan fingerprint density at radius 1 is 0.429 bits per heavy atom. The molecule has 12 heteroatoms. The lowest BCUT2D eigenvalue weighted by atomic mass is 10.0. The summed E-state index contributed by atoms with van der Waals surface area (Å²) in [5.74, 6) is -3.46. The van der Waals surface area contributed by atoms with Crippen molar-refractivity contribution in [3.8, 4) is 23.0 Å². The molecule has 0 fully saturated rings. The molecular formula is C44H46O12. The second-order valence-electron chi connectivity index (χ2n) is 12.9. The van der Waals surface area contributed by atoms with Crippen molar-refractivity contribution in [3.63, 3.8) is 0 Å². The van der Waals surface area contributed by atoms with E-state index in [4.69, 9.17) is 28.7 Å². The van der Waals surface area contributed by atoms with Gasteiger partial charge in [-0.3, -0.25) is 9.59 Å². The van der Waals surface area contributed by atoms with Gasteiger partial charge in [-0.25, -0.2) is 29.0 Å². The zero-order valence-electron chi connectivity index (χ0n) is 31.6. The number of para-hydroxylation sites is 2. The first-order valence-electron chi connectivity index (χ1n) is 18.9. The number of carbonyl (C=O) groups excluding carboxylic acids is 6. The van der Waals surface area contributed by atoms with E-state index in [1.165, 1.54) is 60.7 Å². The van der Waals surface area contributed by atoms with Crippen LogP contribution in [0.4, 0.5) is 9.59 Å². The minimum absolute atomic E-state index is 0.135. The molecule has 0 bridgehead atoms. The molecule has 0 saturated carbocycles. The number of ketones is 2. The predicted octanol–water partition coefficient (Wildman–Crippen LogP) is 10.9. The van der Waals surface area contributed by atoms with Crippen LogP contribution in [0.5, 0.6) is 23.0 Å². The largest absolute Gasteiger partial charge is 0.519 e. The van der Waals surface area contributed by atoms with Crippen LogP contribution in [-0.4, -0.2) is 35.8 Å². The fraction of sp³-hybridized carbons (Fsp3) is 0.318. The van der Waals surface area contributed by atoms with Crippen LogP contribution in [0.15, 0.2) is 97.1 Å². The average Bonchev–Trinajstić information content (AvgIpc) is 3.20. The molecule has 0 spiro atoms. The van der Waals surface area contributed by atoms with Crippen molar-refractivity contribution in [1.82, 2.24) is 0 Å². The first-order chi connectivity index (χ1) is 27.2. The van der Waals surface area contributed by atoms with Crippen molar-refractivity contribution in [2.24, 2.45) is 0 Å². The van der Waals surface area contributed by atoms with Gasteiger partial charge in [-0.05, 0) is 73.5 Å². The lowest BCUT2D eigenvalue weighted by molar-refractivity contribution is -0.187. The van der Waals surface area contributed by atoms with E-state index in [0.717, 1.165) is 51.4 Å². The van der Waals surface area contributed by atoms with Crippen molar-refractivity contribution in [3.05, 3.63) is 119 Å². The van der Waals surface area contributed by atoms with Gasteiger partial charge in [-0.1, -0.05) is 102 Å². The van der Waals surface area contributed by atoms with Crippen molar-refractivity contribution in [2.45, 2.75) is 90.9 Å². The summed E-state index contributed by atoms with van der Waals surface area (Å²) in [4.78, 5) is 88.3. The van der Waals surface area contributed by atoms with Crippen LogP contribution in [0.3, 0.4) is 0 Å². The maximum absolute atomic E-state index is 13.5. The average molecular weight is 767 g/mol. The van der Waals surface area contributed by atoms with Gasteiger partial charge in [0.2, 0.25) is 0 Å². The Labute approximate surface area is 325 Å². The van der Waals surface area contributed by atoms with Crippen LogP contribution in [0.25, 0.3) is 0 Å². The van der Waals surface area contributed by atoms with Crippen LogP contribution in [0.2, 0.25) is 0 Å². The van der Waals surface area contributed by atoms with Crippen LogP contribution >= 0.6 is 0 Å². The Hall–Kier alpha value is -6.30. The number of Topliss-reactive ketones (excluding diaryl/α,β-unsaturated/α-hetero) is 2. The summed E-state index contributed by atoms with van der Waals surface area (Å²) in [6, 6.07) is 23.7. The highest BCUT2D eigenvalue weighted by atomic mass is 17.2. The minimum Gasteiger partial charge on any atom is -0.395 e. The number of rotatable bonds is 20. The highest BCUT2D eigenvalue weighted by Gasteiger charge is 2.26. The molecule has 0 aliphatic heterocycles. The van der Waals surface area contributed by atoms with Crippen molar-refractivity contribution in [1.29, 1.82) is 0 Å². The molecule has 294 valence electrons. The summed E-state index contributed by atoms with van der Waals surface area (Å²) in [6.45, 7) is 4.18. The number of unbranched alkanes of at least 4 members (excludes halogenated alkanes) is 8. The van der Waals surface area contributed by atoms with E-state index in [9.17, 15) is 28.8 Å². The Balaban J connectivity index is 1.54. The van der Waals surface area contributed by atoms with Crippen LogP contribution < -0.4 is 18.9 Å². The van der Waals surface area contributed by atoms with E-state index in [2.05, 4.69) is 13.8 Å². The van der Waals surface area contributed by atoms with Gasteiger partial charge >= 0.3 is 24.2 Å². The van der Waals surface area contributed by atoms with Gasteiger partial charge in [-0.2, -0.15) is 0 Å². The van der Waals surface area contributed by atoms with Crippen molar-refractivity contribution < 1.29 is 57.5 Å². The fourth-order valence-corrected chi connectivity index (χ4v) is 5.53. The van der Waals surface area contributed by atoms with E-state index < -0.39 is 35.4 Å². The number of hydrogen-bond acceptors (Lipinski definition) is 12. The number of hydrogen-bond donors (Lipinski definition) is 0. The second kappa shape index (κ2) is 22.8. The lowest BCUT2D eigenvalue weighted by Gasteiger charge is -2.12. The van der Waals surface area contributed by atoms with Crippen molar-refractivity contribution >= 4 is 35.8 Å². The standard InChI is InChI=1S/C44H46O12/c1-3-5-7-9-17-23-37(45)31-25-27-39(53-43(49)51-33-19-13-11-14-20-33)35(29-31)41(47)55-56-42(48)36-30-32(38(46)24-18-10-8-6-4-2)26-28-40(36)54-44(50)52-34-21-15-12-16-22-34/h11-16,19-22,25-30H,3-10,17-18,23-24H2,1-2H3. The number of carbonyl (C=O) groups is 6. The molecule has 0 saturated heterocycles. The monoisotopic (exact) mass is 766 g/mol. The highest BCUT2D eigenvalue weighted by Crippen LogP contribution is 2.27. The maximum atomic E-state index is 13.5. The summed E-state index contributed by atoms with van der Waals surface area (Å²) >= 11 is 0. The maximum Gasteiger partial charge on any atom is 0.519 e. The second-order valence-corrected chi connectivity index (χ2v) is 12.9. The van der Waals surface area contributed by atoms with Crippen molar-refractivity contribution in [2.75, 3.05) is 0 Å². The molecule has 0 aromatic heterocycles. The van der Waals surface area contributed by atoms with Gasteiger partial charge in [0.15, 0.2) is 11.6 Å². The normalized spacial score (nSPS) is 10.5. The Morgan fingerprint density at radius 2 is 0.804 bits per heavy atom. The third-order valence-corrected chi connectivity index (χ3v) is 8.53. The van der Waals surface area contributed by atoms with Gasteiger partial charge in [0, 0.05) is 24.0 Å². The third kappa shape index (κ3) is 13.8. The Morgan fingerprint density at radius 3 is 1.18 bits per heavy atom. The van der Waals surface area contributed by atoms with Gasteiger partial charge in [0.05, 0.1) is 0 Å².